The van der Waals surface area contributed by atoms with Crippen LogP contribution in [-0.2, 0) is 0 Å². The molecule has 0 aliphatic heterocycles. The highest BCUT2D eigenvalue weighted by Gasteiger charge is 2.26. The maximum absolute atomic E-state index is 14.7. The zero-order chi connectivity index (χ0) is 14.9. The molecule has 0 bridgehead atoms. The van der Waals surface area contributed by atoms with Gasteiger partial charge < -0.3 is 4.55 Å². The maximum atomic E-state index is 14.7. The van der Waals surface area contributed by atoms with Crippen LogP contribution in [0.4, 0.5) is 9.57 Å². The van der Waals surface area contributed by atoms with Gasteiger partial charge in [0.2, 0.25) is 0 Å². The lowest BCUT2D eigenvalue weighted by molar-refractivity contribution is 0.576. The molecule has 0 radical (unpaired) electrons. The topological polar surface area (TPSA) is 45.1 Å². The molecule has 2 N–H and O–H groups in total. The average molecular weight is 323 g/mol. The Balaban J connectivity index is 2.04. The van der Waals surface area contributed by atoms with Crippen LogP contribution in [0, 0.1) is 0 Å². The third-order valence-electron chi connectivity index (χ3n) is 3.01. The van der Waals surface area contributed by atoms with Crippen molar-refractivity contribution in [2.45, 2.75) is 4.90 Å². The molecule has 0 saturated carbocycles. The van der Waals surface area contributed by atoms with Crippen LogP contribution < -0.4 is 4.72 Å². The minimum absolute atomic E-state index is 0.0413. The molecule has 6 heteroatoms. The first-order chi connectivity index (χ1) is 10.1. The summed E-state index contributed by atoms with van der Waals surface area (Å²) in [5, 5.41) is 1.04. The van der Waals surface area contributed by atoms with E-state index in [1.807, 2.05) is 12.1 Å². The number of nitrogens with one attached hydrogen (secondary N) is 1. The summed E-state index contributed by atoms with van der Waals surface area (Å²) < 4.78 is 27.4. The summed E-state index contributed by atoms with van der Waals surface area (Å²) in [6, 6.07) is 15.3. The lowest BCUT2D eigenvalue weighted by Crippen LogP contribution is -2.06. The van der Waals surface area contributed by atoms with Gasteiger partial charge >= 0.3 is 0 Å². The molecule has 0 fully saturated rings. The number of anilines is 1. The standard InChI is InChI=1S/C15H12ClFN2OS/c16-12-7-1-2-9-14(12)21(17,20)19-13-8-3-5-11-6-4-10-18-15(11)13/h1-10,19-20H. The second-order valence-electron chi connectivity index (χ2n) is 4.42. The number of aromatic nitrogens is 1. The third kappa shape index (κ3) is 2.81. The zero-order valence-corrected chi connectivity index (χ0v) is 12.4. The number of benzene rings is 2. The van der Waals surface area contributed by atoms with Crippen molar-refractivity contribution < 1.29 is 8.44 Å². The minimum Gasteiger partial charge on any atom is -0.306 e. The lowest BCUT2D eigenvalue weighted by atomic mass is 10.2. The van der Waals surface area contributed by atoms with Gasteiger partial charge in [-0.15, -0.1) is 3.89 Å². The van der Waals surface area contributed by atoms with Gasteiger partial charge in [0.1, 0.15) is 10.9 Å². The Morgan fingerprint density at radius 1 is 1.05 bits per heavy atom. The molecule has 1 heterocycles. The van der Waals surface area contributed by atoms with Gasteiger partial charge in [0.05, 0.1) is 21.1 Å². The molecule has 0 aliphatic carbocycles. The SMILES string of the molecule is OS(F)(Nc1cccc2cccnc12)c1ccccc1Cl. The summed E-state index contributed by atoms with van der Waals surface area (Å²) in [7, 11) is -3.76. The van der Waals surface area contributed by atoms with Crippen molar-refractivity contribution in [1.82, 2.24) is 4.98 Å². The van der Waals surface area contributed by atoms with Gasteiger partial charge in [0, 0.05) is 11.6 Å². The van der Waals surface area contributed by atoms with Gasteiger partial charge in [0.25, 0.3) is 0 Å². The Hall–Kier alpha value is -1.82. The molecule has 3 rings (SSSR count). The Labute approximate surface area is 128 Å². The summed E-state index contributed by atoms with van der Waals surface area (Å²) in [6.45, 7) is 0. The van der Waals surface area contributed by atoms with Crippen molar-refractivity contribution in [3.05, 3.63) is 65.8 Å². The van der Waals surface area contributed by atoms with E-state index < -0.39 is 10.9 Å². The van der Waals surface area contributed by atoms with Crippen molar-refractivity contribution in [3.8, 4) is 0 Å². The van der Waals surface area contributed by atoms with Crippen LogP contribution in [0.2, 0.25) is 5.02 Å². The summed E-state index contributed by atoms with van der Waals surface area (Å²) in [5.41, 5.74) is 1.02. The monoisotopic (exact) mass is 322 g/mol. The first kappa shape index (κ1) is 14.1. The van der Waals surface area contributed by atoms with Crippen LogP contribution in [0.5, 0.6) is 0 Å². The number of hydrogen-bond donors (Lipinski definition) is 2. The maximum Gasteiger partial charge on any atom is 0.126 e. The van der Waals surface area contributed by atoms with E-state index in [1.54, 1.807) is 36.5 Å². The summed E-state index contributed by atoms with van der Waals surface area (Å²) in [6.07, 6.45) is 1.62. The average Bonchev–Trinajstić information content (AvgIpc) is 2.47. The molecule has 0 aliphatic rings. The van der Waals surface area contributed by atoms with Crippen molar-refractivity contribution in [2.24, 2.45) is 0 Å². The van der Waals surface area contributed by atoms with Gasteiger partial charge in [-0.05, 0) is 24.3 Å². The van der Waals surface area contributed by atoms with Crippen LogP contribution in [0.15, 0.2) is 65.7 Å². The van der Waals surface area contributed by atoms with E-state index >= 15 is 0 Å². The summed E-state index contributed by atoms with van der Waals surface area (Å²) in [5.74, 6) is 0. The fraction of sp³-hybridized carbons (Fsp3) is 0. The Bertz CT molecular complexity index is 792. The first-order valence-corrected chi connectivity index (χ1v) is 8.06. The second kappa shape index (κ2) is 5.52. The van der Waals surface area contributed by atoms with Gasteiger partial charge in [-0.25, -0.2) is 0 Å². The van der Waals surface area contributed by atoms with Crippen molar-refractivity contribution in [1.29, 1.82) is 0 Å². The molecule has 0 amide bonds. The van der Waals surface area contributed by atoms with Gasteiger partial charge in [-0.2, -0.15) is 0 Å². The van der Waals surface area contributed by atoms with Crippen molar-refractivity contribution >= 4 is 39.1 Å². The molecule has 3 aromatic rings. The van der Waals surface area contributed by atoms with E-state index in [2.05, 4.69) is 9.71 Å². The number of halogens is 2. The molecular weight excluding hydrogens is 311 g/mol. The smallest absolute Gasteiger partial charge is 0.126 e. The molecule has 0 spiro atoms. The molecule has 1 atom stereocenters. The molecular formula is C15H12ClFN2OS. The fourth-order valence-corrected chi connectivity index (χ4v) is 3.65. The van der Waals surface area contributed by atoms with E-state index in [-0.39, 0.29) is 9.92 Å². The van der Waals surface area contributed by atoms with Crippen LogP contribution >= 0.6 is 22.5 Å². The molecule has 0 saturated heterocycles. The van der Waals surface area contributed by atoms with Crippen molar-refractivity contribution in [3.63, 3.8) is 0 Å². The Kier molecular flexibility index (Phi) is 3.71. The zero-order valence-electron chi connectivity index (χ0n) is 10.8. The molecule has 108 valence electrons. The van der Waals surface area contributed by atoms with Crippen molar-refractivity contribution in [2.75, 3.05) is 4.72 Å². The van der Waals surface area contributed by atoms with E-state index in [4.69, 9.17) is 11.6 Å². The van der Waals surface area contributed by atoms with E-state index in [1.165, 1.54) is 12.1 Å². The minimum atomic E-state index is -3.76. The number of hydrogen-bond acceptors (Lipinski definition) is 3. The highest BCUT2D eigenvalue weighted by Crippen LogP contribution is 2.56. The molecule has 1 unspecified atom stereocenters. The number of para-hydroxylation sites is 1. The number of fused-ring (bicyclic) bond motifs is 1. The Morgan fingerprint density at radius 3 is 2.62 bits per heavy atom. The van der Waals surface area contributed by atoms with Gasteiger partial charge in [-0.3, -0.25) is 9.71 Å². The predicted molar refractivity (Wildman–Crippen MR) is 86.4 cm³/mol. The second-order valence-corrected chi connectivity index (χ2v) is 6.49. The quantitative estimate of drug-likeness (QED) is 0.675. The molecule has 1 aromatic heterocycles. The van der Waals surface area contributed by atoms with E-state index in [9.17, 15) is 8.44 Å². The number of pyridine rings is 1. The predicted octanol–water partition coefficient (Wildman–Crippen LogP) is 5.44. The number of rotatable bonds is 3. The molecule has 21 heavy (non-hydrogen) atoms. The number of nitrogens with zero attached hydrogens (tertiary/aromatic N) is 1. The summed E-state index contributed by atoms with van der Waals surface area (Å²) >= 11 is 5.96. The van der Waals surface area contributed by atoms with Gasteiger partial charge in [0.15, 0.2) is 0 Å². The normalized spacial score (nSPS) is 15.4. The van der Waals surface area contributed by atoms with Crippen LogP contribution in [0.3, 0.4) is 0 Å². The molecule has 3 nitrogen and oxygen atoms in total. The Morgan fingerprint density at radius 2 is 1.81 bits per heavy atom. The fourth-order valence-electron chi connectivity index (χ4n) is 2.05. The van der Waals surface area contributed by atoms with Crippen LogP contribution in [-0.4, -0.2) is 9.54 Å². The molecule has 2 aromatic carbocycles. The van der Waals surface area contributed by atoms with Gasteiger partial charge in [-0.1, -0.05) is 41.9 Å². The summed E-state index contributed by atoms with van der Waals surface area (Å²) in [4.78, 5) is 4.26. The van der Waals surface area contributed by atoms with Crippen LogP contribution in [0.1, 0.15) is 0 Å². The van der Waals surface area contributed by atoms with Crippen LogP contribution in [0.25, 0.3) is 10.9 Å². The van der Waals surface area contributed by atoms with E-state index in [0.29, 0.717) is 11.2 Å². The highest BCUT2D eigenvalue weighted by molar-refractivity contribution is 8.26. The first-order valence-electron chi connectivity index (χ1n) is 6.19. The third-order valence-corrected chi connectivity index (χ3v) is 4.88. The lowest BCUT2D eigenvalue weighted by Gasteiger charge is -2.27. The van der Waals surface area contributed by atoms with E-state index in [0.717, 1.165) is 5.39 Å². The largest absolute Gasteiger partial charge is 0.306 e. The highest BCUT2D eigenvalue weighted by atomic mass is 35.5.